The second-order valence-electron chi connectivity index (χ2n) is 5.26. The first kappa shape index (κ1) is 15.2. The number of carboxylic acids is 1. The fraction of sp³-hybridized carbons (Fsp3) is 0.467. The number of benzene rings is 1. The van der Waals surface area contributed by atoms with Gasteiger partial charge in [-0.05, 0) is 37.8 Å². The van der Waals surface area contributed by atoms with Crippen molar-refractivity contribution in [3.8, 4) is 0 Å². The van der Waals surface area contributed by atoms with E-state index in [0.29, 0.717) is 17.0 Å². The summed E-state index contributed by atoms with van der Waals surface area (Å²) in [7, 11) is 0. The third-order valence-electron chi connectivity index (χ3n) is 3.42. The van der Waals surface area contributed by atoms with Gasteiger partial charge in [0.05, 0.1) is 11.1 Å². The van der Waals surface area contributed by atoms with Gasteiger partial charge in [0.2, 0.25) is 0 Å². The largest absolute Gasteiger partial charge is 0.478 e. The lowest BCUT2D eigenvalue weighted by Crippen LogP contribution is -2.37. The minimum atomic E-state index is -1.07. The molecule has 0 aliphatic heterocycles. The van der Waals surface area contributed by atoms with Gasteiger partial charge in [0.25, 0.3) is 5.91 Å². The van der Waals surface area contributed by atoms with E-state index in [1.54, 1.807) is 26.0 Å². The Morgan fingerprint density at radius 2 is 1.53 bits per heavy atom. The highest BCUT2D eigenvalue weighted by Crippen LogP contribution is 2.19. The highest BCUT2D eigenvalue weighted by atomic mass is 16.4. The SMILES string of the molecule is Cc1ccc(C)c(C(=O)NC(C)C(C)C)c1C(=O)O. The monoisotopic (exact) mass is 263 g/mol. The van der Waals surface area contributed by atoms with Gasteiger partial charge < -0.3 is 10.4 Å². The van der Waals surface area contributed by atoms with Crippen LogP contribution in [-0.2, 0) is 0 Å². The summed E-state index contributed by atoms with van der Waals surface area (Å²) >= 11 is 0. The van der Waals surface area contributed by atoms with E-state index < -0.39 is 5.97 Å². The molecule has 0 aromatic heterocycles. The molecular formula is C15H21NO3. The van der Waals surface area contributed by atoms with Crippen molar-refractivity contribution in [1.29, 1.82) is 0 Å². The van der Waals surface area contributed by atoms with E-state index in [2.05, 4.69) is 5.32 Å². The van der Waals surface area contributed by atoms with Gasteiger partial charge in [0, 0.05) is 6.04 Å². The number of aryl methyl sites for hydroxylation is 2. The number of aromatic carboxylic acids is 1. The molecule has 1 unspecified atom stereocenters. The molecule has 2 N–H and O–H groups in total. The van der Waals surface area contributed by atoms with Crippen LogP contribution in [0.2, 0.25) is 0 Å². The van der Waals surface area contributed by atoms with Gasteiger partial charge in [-0.2, -0.15) is 0 Å². The molecule has 0 spiro atoms. The van der Waals surface area contributed by atoms with Crippen LogP contribution in [0.3, 0.4) is 0 Å². The van der Waals surface area contributed by atoms with Gasteiger partial charge in [-0.3, -0.25) is 4.79 Å². The Balaban J connectivity index is 3.22. The Morgan fingerprint density at radius 1 is 1.05 bits per heavy atom. The first-order chi connectivity index (χ1) is 8.75. The molecule has 0 aliphatic carbocycles. The molecule has 1 amide bonds. The van der Waals surface area contributed by atoms with E-state index in [4.69, 9.17) is 0 Å². The van der Waals surface area contributed by atoms with Gasteiger partial charge in [-0.1, -0.05) is 26.0 Å². The standard InChI is InChI=1S/C15H21NO3/c1-8(2)11(5)16-14(17)12-9(3)6-7-10(4)13(12)15(18)19/h6-8,11H,1-5H3,(H,16,17)(H,18,19). The van der Waals surface area contributed by atoms with Crippen LogP contribution in [0.15, 0.2) is 12.1 Å². The van der Waals surface area contributed by atoms with Gasteiger partial charge >= 0.3 is 5.97 Å². The minimum absolute atomic E-state index is 0.00550. The summed E-state index contributed by atoms with van der Waals surface area (Å²) in [6.07, 6.45) is 0. The van der Waals surface area contributed by atoms with E-state index in [1.165, 1.54) is 0 Å². The summed E-state index contributed by atoms with van der Waals surface area (Å²) in [5.41, 5.74) is 1.63. The van der Waals surface area contributed by atoms with Crippen molar-refractivity contribution >= 4 is 11.9 Å². The molecule has 1 atom stereocenters. The number of carbonyl (C=O) groups excluding carboxylic acids is 1. The molecule has 0 bridgehead atoms. The van der Waals surface area contributed by atoms with Crippen molar-refractivity contribution in [2.75, 3.05) is 0 Å². The summed E-state index contributed by atoms with van der Waals surface area (Å²) < 4.78 is 0. The molecule has 0 fully saturated rings. The van der Waals surface area contributed by atoms with Gasteiger partial charge in [0.15, 0.2) is 0 Å². The number of amides is 1. The number of hydrogen-bond donors (Lipinski definition) is 2. The van der Waals surface area contributed by atoms with Crippen LogP contribution in [0, 0.1) is 19.8 Å². The summed E-state index contributed by atoms with van der Waals surface area (Å²) in [5.74, 6) is -1.09. The Labute approximate surface area is 113 Å². The Kier molecular flexibility index (Phi) is 4.70. The highest BCUT2D eigenvalue weighted by Gasteiger charge is 2.22. The predicted molar refractivity (Wildman–Crippen MR) is 74.6 cm³/mol. The lowest BCUT2D eigenvalue weighted by molar-refractivity contribution is 0.0689. The number of rotatable bonds is 4. The lowest BCUT2D eigenvalue weighted by Gasteiger charge is -2.19. The molecule has 0 saturated heterocycles. The zero-order valence-electron chi connectivity index (χ0n) is 12.1. The second kappa shape index (κ2) is 5.87. The van der Waals surface area contributed by atoms with E-state index >= 15 is 0 Å². The number of carbonyl (C=O) groups is 2. The Bertz CT molecular complexity index is 506. The fourth-order valence-electron chi connectivity index (χ4n) is 1.82. The molecular weight excluding hydrogens is 242 g/mol. The van der Waals surface area contributed by atoms with Crippen molar-refractivity contribution in [3.05, 3.63) is 34.4 Å². The van der Waals surface area contributed by atoms with Gasteiger partial charge in [0.1, 0.15) is 0 Å². The van der Waals surface area contributed by atoms with Crippen molar-refractivity contribution in [2.24, 2.45) is 5.92 Å². The maximum Gasteiger partial charge on any atom is 0.336 e. The molecule has 4 heteroatoms. The first-order valence-corrected chi connectivity index (χ1v) is 6.40. The minimum Gasteiger partial charge on any atom is -0.478 e. The summed E-state index contributed by atoms with van der Waals surface area (Å²) in [6.45, 7) is 9.37. The molecule has 0 radical (unpaired) electrons. The molecule has 1 aromatic carbocycles. The van der Waals surface area contributed by atoms with Crippen LogP contribution in [0.25, 0.3) is 0 Å². The third-order valence-corrected chi connectivity index (χ3v) is 3.42. The average molecular weight is 263 g/mol. The van der Waals surface area contributed by atoms with E-state index in [0.717, 1.165) is 0 Å². The van der Waals surface area contributed by atoms with Gasteiger partial charge in [-0.15, -0.1) is 0 Å². The molecule has 1 aromatic rings. The van der Waals surface area contributed by atoms with Crippen molar-refractivity contribution in [2.45, 2.75) is 40.7 Å². The van der Waals surface area contributed by atoms with E-state index in [-0.39, 0.29) is 23.1 Å². The van der Waals surface area contributed by atoms with Crippen molar-refractivity contribution in [1.82, 2.24) is 5.32 Å². The number of carboxylic acid groups (broad SMARTS) is 1. The van der Waals surface area contributed by atoms with Gasteiger partial charge in [-0.25, -0.2) is 4.79 Å². The zero-order chi connectivity index (χ0) is 14.7. The van der Waals surface area contributed by atoms with Crippen molar-refractivity contribution < 1.29 is 14.7 Å². The van der Waals surface area contributed by atoms with E-state index in [1.807, 2.05) is 20.8 Å². The smallest absolute Gasteiger partial charge is 0.336 e. The quantitative estimate of drug-likeness (QED) is 0.877. The van der Waals surface area contributed by atoms with Crippen LogP contribution in [0.5, 0.6) is 0 Å². The Hall–Kier alpha value is -1.84. The van der Waals surface area contributed by atoms with Crippen LogP contribution in [0.1, 0.15) is 52.6 Å². The summed E-state index contributed by atoms with van der Waals surface area (Å²) in [6, 6.07) is 3.49. The molecule has 0 heterocycles. The molecule has 0 aliphatic rings. The average Bonchev–Trinajstić information content (AvgIpc) is 2.30. The molecule has 1 rings (SSSR count). The number of nitrogens with one attached hydrogen (secondary N) is 1. The van der Waals surface area contributed by atoms with Crippen LogP contribution in [-0.4, -0.2) is 23.0 Å². The van der Waals surface area contributed by atoms with E-state index in [9.17, 15) is 14.7 Å². The maximum atomic E-state index is 12.3. The first-order valence-electron chi connectivity index (χ1n) is 6.40. The normalized spacial score (nSPS) is 12.3. The molecule has 104 valence electrons. The third kappa shape index (κ3) is 3.34. The second-order valence-corrected chi connectivity index (χ2v) is 5.26. The lowest BCUT2D eigenvalue weighted by atomic mass is 9.96. The molecule has 4 nitrogen and oxygen atoms in total. The van der Waals surface area contributed by atoms with Crippen LogP contribution in [0.4, 0.5) is 0 Å². The highest BCUT2D eigenvalue weighted by molar-refractivity contribution is 6.06. The van der Waals surface area contributed by atoms with Crippen LogP contribution >= 0.6 is 0 Å². The zero-order valence-corrected chi connectivity index (χ0v) is 12.1. The predicted octanol–water partition coefficient (Wildman–Crippen LogP) is 2.78. The molecule has 0 saturated carbocycles. The maximum absolute atomic E-state index is 12.3. The Morgan fingerprint density at radius 3 is 1.95 bits per heavy atom. The topological polar surface area (TPSA) is 66.4 Å². The van der Waals surface area contributed by atoms with Crippen LogP contribution < -0.4 is 5.32 Å². The number of hydrogen-bond acceptors (Lipinski definition) is 2. The summed E-state index contributed by atoms with van der Waals surface area (Å²) in [5, 5.41) is 12.1. The van der Waals surface area contributed by atoms with Crippen molar-refractivity contribution in [3.63, 3.8) is 0 Å². The summed E-state index contributed by atoms with van der Waals surface area (Å²) in [4.78, 5) is 23.6. The fourth-order valence-corrected chi connectivity index (χ4v) is 1.82. The molecule has 19 heavy (non-hydrogen) atoms.